The van der Waals surface area contributed by atoms with Gasteiger partial charge in [0.2, 0.25) is 5.52 Å². The zero-order valence-corrected chi connectivity index (χ0v) is 16.6. The first-order valence-electron chi connectivity index (χ1n) is 9.04. The summed E-state index contributed by atoms with van der Waals surface area (Å²) in [6, 6.07) is 9.33. The Balaban J connectivity index is 1.94. The predicted molar refractivity (Wildman–Crippen MR) is 105 cm³/mol. The van der Waals surface area contributed by atoms with Crippen molar-refractivity contribution >= 4 is 28.7 Å². The maximum absolute atomic E-state index is 12.9. The van der Waals surface area contributed by atoms with Crippen molar-refractivity contribution in [3.8, 4) is 5.75 Å². The Bertz CT molecular complexity index is 1160. The number of nitro benzene ring substituents is 1. The molecule has 1 heterocycles. The van der Waals surface area contributed by atoms with Gasteiger partial charge in [0.05, 0.1) is 30.3 Å². The highest BCUT2D eigenvalue weighted by atomic mass is 16.6. The van der Waals surface area contributed by atoms with Crippen LogP contribution in [0.4, 0.5) is 5.69 Å². The number of methoxy groups -OCH3 is 1. The molecule has 0 aliphatic carbocycles. The molecule has 31 heavy (non-hydrogen) atoms. The zero-order valence-electron chi connectivity index (χ0n) is 16.6. The lowest BCUT2D eigenvalue weighted by Gasteiger charge is -2.12. The highest BCUT2D eigenvalue weighted by Crippen LogP contribution is 2.20. The van der Waals surface area contributed by atoms with Crippen molar-refractivity contribution in [1.29, 1.82) is 0 Å². The van der Waals surface area contributed by atoms with Crippen LogP contribution in [0.1, 0.15) is 33.5 Å². The quantitative estimate of drug-likeness (QED) is 0.182. The van der Waals surface area contributed by atoms with Crippen LogP contribution in [0, 0.1) is 15.3 Å². The number of non-ortho nitro benzene ring substituents is 1. The van der Waals surface area contributed by atoms with Crippen LogP contribution in [0.2, 0.25) is 0 Å². The molecule has 3 rings (SSSR count). The highest BCUT2D eigenvalue weighted by Gasteiger charge is 2.29. The standard InChI is InChI=1S/C20H17N3O8/c1-3-30-20(25)18-16(21-15-9-8-14(29-2)10-17(15)22(18)26)11-31-19(24)12-4-6-13(7-5-12)23(27)28/h4-10H,3,11H2,1-2H3. The molecule has 160 valence electrons. The summed E-state index contributed by atoms with van der Waals surface area (Å²) in [5, 5.41) is 23.6. The van der Waals surface area contributed by atoms with E-state index in [-0.39, 0.29) is 34.6 Å². The summed E-state index contributed by atoms with van der Waals surface area (Å²) in [5.74, 6) is -1.33. The molecular formula is C20H17N3O8. The molecule has 0 N–H and O–H groups in total. The third-order valence-electron chi connectivity index (χ3n) is 4.26. The molecule has 0 atom stereocenters. The van der Waals surface area contributed by atoms with Crippen LogP contribution < -0.4 is 9.47 Å². The molecule has 3 aromatic rings. The molecule has 0 spiro atoms. The van der Waals surface area contributed by atoms with Crippen LogP contribution in [0.5, 0.6) is 5.75 Å². The average Bonchev–Trinajstić information content (AvgIpc) is 2.77. The fourth-order valence-electron chi connectivity index (χ4n) is 2.76. The van der Waals surface area contributed by atoms with Crippen LogP contribution >= 0.6 is 0 Å². The highest BCUT2D eigenvalue weighted by molar-refractivity contribution is 5.90. The number of aromatic nitrogens is 2. The number of carbonyl (C=O) groups is 2. The lowest BCUT2D eigenvalue weighted by molar-refractivity contribution is -0.581. The molecule has 0 radical (unpaired) electrons. The Hall–Kier alpha value is -4.28. The van der Waals surface area contributed by atoms with Crippen LogP contribution in [0.3, 0.4) is 0 Å². The van der Waals surface area contributed by atoms with Crippen LogP contribution in [0.15, 0.2) is 42.5 Å². The molecule has 0 saturated carbocycles. The first-order valence-corrected chi connectivity index (χ1v) is 9.04. The normalized spacial score (nSPS) is 10.5. The van der Waals surface area contributed by atoms with Crippen molar-refractivity contribution in [3.63, 3.8) is 0 Å². The summed E-state index contributed by atoms with van der Waals surface area (Å²) in [6.45, 7) is 1.12. The van der Waals surface area contributed by atoms with Gasteiger partial charge < -0.3 is 19.4 Å². The number of rotatable bonds is 7. The SMILES string of the molecule is CCOC(=O)c1c(COC(=O)c2ccc([N+](=O)[O-])cc2)nc2ccc(OC)cc2[n+]1[O-]. The van der Waals surface area contributed by atoms with Gasteiger partial charge >= 0.3 is 17.6 Å². The van der Waals surface area contributed by atoms with Crippen molar-refractivity contribution in [3.05, 3.63) is 74.7 Å². The van der Waals surface area contributed by atoms with E-state index in [4.69, 9.17) is 14.2 Å². The number of nitro groups is 1. The second-order valence-corrected chi connectivity index (χ2v) is 6.16. The molecule has 2 aromatic carbocycles. The Morgan fingerprint density at radius 1 is 1.10 bits per heavy atom. The summed E-state index contributed by atoms with van der Waals surface area (Å²) >= 11 is 0. The summed E-state index contributed by atoms with van der Waals surface area (Å²) in [4.78, 5) is 39.1. The number of ether oxygens (including phenoxy) is 3. The summed E-state index contributed by atoms with van der Waals surface area (Å²) < 4.78 is 15.6. The van der Waals surface area contributed by atoms with E-state index in [1.54, 1.807) is 13.0 Å². The van der Waals surface area contributed by atoms with Gasteiger partial charge in [-0.25, -0.2) is 14.6 Å². The van der Waals surface area contributed by atoms with Gasteiger partial charge in [0.1, 0.15) is 17.9 Å². The fraction of sp³-hybridized carbons (Fsp3) is 0.200. The van der Waals surface area contributed by atoms with Crippen molar-refractivity contribution in [2.45, 2.75) is 13.5 Å². The third kappa shape index (κ3) is 4.50. The first kappa shape index (κ1) is 21.4. The maximum atomic E-state index is 12.9. The first-order chi connectivity index (χ1) is 14.8. The van der Waals surface area contributed by atoms with E-state index in [2.05, 4.69) is 4.98 Å². The van der Waals surface area contributed by atoms with Crippen LogP contribution in [-0.4, -0.2) is 35.6 Å². The zero-order chi connectivity index (χ0) is 22.5. The summed E-state index contributed by atoms with van der Waals surface area (Å²) in [7, 11) is 1.43. The Kier molecular flexibility index (Phi) is 6.24. The van der Waals surface area contributed by atoms with Crippen molar-refractivity contribution in [1.82, 2.24) is 4.98 Å². The van der Waals surface area contributed by atoms with Gasteiger partial charge in [-0.3, -0.25) is 10.1 Å². The number of hydrogen-bond acceptors (Lipinski definition) is 9. The van der Waals surface area contributed by atoms with E-state index in [0.717, 1.165) is 12.1 Å². The van der Waals surface area contributed by atoms with Crippen molar-refractivity contribution < 1.29 is 33.5 Å². The molecule has 0 amide bonds. The Morgan fingerprint density at radius 2 is 1.81 bits per heavy atom. The Labute approximate surface area is 175 Å². The van der Waals surface area contributed by atoms with Gasteiger partial charge in [0.25, 0.3) is 5.69 Å². The third-order valence-corrected chi connectivity index (χ3v) is 4.26. The molecule has 0 bridgehead atoms. The maximum Gasteiger partial charge on any atom is 0.407 e. The lowest BCUT2D eigenvalue weighted by atomic mass is 10.2. The molecule has 0 unspecified atom stereocenters. The topological polar surface area (TPSA) is 145 Å². The van der Waals surface area contributed by atoms with E-state index < -0.39 is 29.2 Å². The van der Waals surface area contributed by atoms with Gasteiger partial charge in [-0.15, -0.1) is 0 Å². The second-order valence-electron chi connectivity index (χ2n) is 6.16. The van der Waals surface area contributed by atoms with Crippen LogP contribution in [-0.2, 0) is 16.1 Å². The largest absolute Gasteiger partial charge is 0.618 e. The second kappa shape index (κ2) is 9.03. The number of esters is 2. The van der Waals surface area contributed by atoms with E-state index >= 15 is 0 Å². The van der Waals surface area contributed by atoms with Gasteiger partial charge in [-0.05, 0) is 31.2 Å². The number of nitrogens with zero attached hydrogens (tertiary/aromatic N) is 3. The number of hydrogen-bond donors (Lipinski definition) is 0. The van der Waals surface area contributed by atoms with Crippen molar-refractivity contribution in [2.75, 3.05) is 13.7 Å². The van der Waals surface area contributed by atoms with Crippen LogP contribution in [0.25, 0.3) is 11.0 Å². The summed E-state index contributed by atoms with van der Waals surface area (Å²) in [6.07, 6.45) is 0. The van der Waals surface area contributed by atoms with Gasteiger partial charge in [-0.1, -0.05) is 0 Å². The molecule has 0 aliphatic heterocycles. The van der Waals surface area contributed by atoms with E-state index in [1.807, 2.05) is 0 Å². The van der Waals surface area contributed by atoms with E-state index in [1.165, 1.54) is 31.4 Å². The van der Waals surface area contributed by atoms with Gasteiger partial charge in [0, 0.05) is 12.1 Å². The number of fused-ring (bicyclic) bond motifs is 1. The summed E-state index contributed by atoms with van der Waals surface area (Å²) in [5.41, 5.74) is -0.303. The molecule has 0 saturated heterocycles. The minimum atomic E-state index is -0.920. The molecule has 0 aliphatic rings. The molecular weight excluding hydrogens is 410 g/mol. The predicted octanol–water partition coefficient (Wildman–Crippen LogP) is 2.32. The van der Waals surface area contributed by atoms with Gasteiger partial charge in [-0.2, -0.15) is 4.73 Å². The number of carbonyl (C=O) groups excluding carboxylic acids is 2. The number of benzene rings is 2. The molecule has 0 fully saturated rings. The fourth-order valence-corrected chi connectivity index (χ4v) is 2.76. The smallest absolute Gasteiger partial charge is 0.407 e. The van der Waals surface area contributed by atoms with E-state index in [9.17, 15) is 24.9 Å². The molecule has 11 heteroatoms. The molecule has 11 nitrogen and oxygen atoms in total. The monoisotopic (exact) mass is 427 g/mol. The average molecular weight is 427 g/mol. The van der Waals surface area contributed by atoms with Gasteiger partial charge in [0.15, 0.2) is 5.69 Å². The van der Waals surface area contributed by atoms with E-state index in [0.29, 0.717) is 10.5 Å². The minimum Gasteiger partial charge on any atom is -0.618 e. The molecule has 1 aromatic heterocycles. The Morgan fingerprint density at radius 3 is 2.42 bits per heavy atom. The minimum absolute atomic E-state index is 0.0248. The lowest BCUT2D eigenvalue weighted by Crippen LogP contribution is -2.39. The van der Waals surface area contributed by atoms with Crippen molar-refractivity contribution in [2.24, 2.45) is 0 Å².